The third-order valence-electron chi connectivity index (χ3n) is 14.6. The molecule has 0 bridgehead atoms. The minimum absolute atomic E-state index is 0.0115. The molecule has 1 amide bonds. The molecule has 51 heavy (non-hydrogen) atoms. The number of unbranched alkanes of at least 4 members (excludes halogenated alkanes) is 11. The Bertz CT molecular complexity index is 1070. The van der Waals surface area contributed by atoms with Crippen LogP contribution < -0.4 is 5.32 Å². The highest BCUT2D eigenvalue weighted by atomic mass is 16.6. The first-order valence-electron chi connectivity index (χ1n) is 22.4. The van der Waals surface area contributed by atoms with Gasteiger partial charge in [-0.2, -0.15) is 0 Å². The summed E-state index contributed by atoms with van der Waals surface area (Å²) in [4.78, 5) is 24.8. The average molecular weight is 712 g/mol. The highest BCUT2D eigenvalue weighted by Gasteiger charge is 2.59. The number of carbonyl (C=O) groups is 2. The number of ether oxygens (including phenoxy) is 2. The second-order valence-electron chi connectivity index (χ2n) is 18.7. The van der Waals surface area contributed by atoms with E-state index in [2.05, 4.69) is 52.9 Å². The van der Waals surface area contributed by atoms with E-state index in [1.165, 1.54) is 103 Å². The van der Waals surface area contributed by atoms with E-state index in [-0.39, 0.29) is 23.6 Å². The van der Waals surface area contributed by atoms with Gasteiger partial charge in [-0.05, 0) is 111 Å². The zero-order valence-electron chi connectivity index (χ0n) is 34.3. The van der Waals surface area contributed by atoms with Crippen LogP contribution in [0, 0.1) is 46.3 Å². The number of esters is 1. The number of hydrogen-bond donors (Lipinski definition) is 1. The van der Waals surface area contributed by atoms with Gasteiger partial charge in [-0.3, -0.25) is 4.79 Å². The number of hydrogen-bond acceptors (Lipinski definition) is 4. The van der Waals surface area contributed by atoms with Gasteiger partial charge in [-0.1, -0.05) is 137 Å². The van der Waals surface area contributed by atoms with Crippen molar-refractivity contribution in [1.29, 1.82) is 0 Å². The minimum atomic E-state index is -0.276. The predicted molar refractivity (Wildman–Crippen MR) is 213 cm³/mol. The fourth-order valence-corrected chi connectivity index (χ4v) is 11.6. The Morgan fingerprint density at radius 2 is 1.51 bits per heavy atom. The van der Waals surface area contributed by atoms with Crippen molar-refractivity contribution < 1.29 is 19.1 Å². The summed E-state index contributed by atoms with van der Waals surface area (Å²) < 4.78 is 11.4. The molecule has 3 saturated carbocycles. The maximum Gasteiger partial charge on any atom is 0.407 e. The highest BCUT2D eigenvalue weighted by molar-refractivity contribution is 5.69. The number of allylic oxidation sites excluding steroid dienone is 1. The molecule has 1 N–H and O–H groups in total. The predicted octanol–water partition coefficient (Wildman–Crippen LogP) is 13.1. The minimum Gasteiger partial charge on any atom is -0.466 e. The number of carbonyl (C=O) groups excluding carboxylic acids is 2. The monoisotopic (exact) mass is 712 g/mol. The molecule has 4 aliphatic rings. The van der Waals surface area contributed by atoms with Crippen molar-refractivity contribution in [1.82, 2.24) is 5.32 Å². The number of nitrogens with one attached hydrogen (secondary N) is 1. The lowest BCUT2D eigenvalue weighted by molar-refractivity contribution is -0.143. The van der Waals surface area contributed by atoms with Gasteiger partial charge in [-0.15, -0.1) is 0 Å². The van der Waals surface area contributed by atoms with Gasteiger partial charge in [-0.25, -0.2) is 4.79 Å². The number of alkyl carbamates (subject to hydrolysis) is 1. The van der Waals surface area contributed by atoms with E-state index in [0.29, 0.717) is 25.0 Å². The lowest BCUT2D eigenvalue weighted by Gasteiger charge is -2.58. The lowest BCUT2D eigenvalue weighted by Crippen LogP contribution is -2.51. The molecule has 0 aromatic rings. The van der Waals surface area contributed by atoms with Gasteiger partial charge >= 0.3 is 12.1 Å². The van der Waals surface area contributed by atoms with Crippen LogP contribution in [-0.4, -0.2) is 31.3 Å². The van der Waals surface area contributed by atoms with Crippen LogP contribution in [0.25, 0.3) is 0 Å². The zero-order valence-corrected chi connectivity index (χ0v) is 34.3. The summed E-state index contributed by atoms with van der Waals surface area (Å²) in [5.41, 5.74) is 2.37. The standard InChI is InChI=1S/C46H81NO4/c1-7-8-9-10-11-12-13-14-15-19-33-50-43(48)23-17-16-18-32-47-44(49)51-38-28-30-45(5)37(34-38)24-25-39-41-27-26-40(36(4)22-20-21-35(2)3)46(41,6)31-29-42(39)45/h24,35-36,38-42H,7-23,25-34H2,1-6H3,(H,47,49)/t36-,38+,39+,40-,41?,42+,45+,46-/m1/s1. The molecule has 1 unspecified atom stereocenters. The van der Waals surface area contributed by atoms with Crippen LogP contribution in [0.3, 0.4) is 0 Å². The molecule has 0 aromatic heterocycles. The molecule has 8 atom stereocenters. The topological polar surface area (TPSA) is 64.6 Å². The van der Waals surface area contributed by atoms with Gasteiger partial charge in [0.15, 0.2) is 0 Å². The molecule has 5 heteroatoms. The second-order valence-corrected chi connectivity index (χ2v) is 18.7. The normalized spacial score (nSPS) is 30.6. The van der Waals surface area contributed by atoms with Crippen molar-refractivity contribution >= 4 is 12.1 Å². The molecule has 4 rings (SSSR count). The van der Waals surface area contributed by atoms with Crippen LogP contribution in [0.1, 0.15) is 202 Å². The van der Waals surface area contributed by atoms with Crippen LogP contribution in [0.2, 0.25) is 0 Å². The fourth-order valence-electron chi connectivity index (χ4n) is 11.6. The highest BCUT2D eigenvalue weighted by Crippen LogP contribution is 2.67. The maximum absolute atomic E-state index is 12.7. The van der Waals surface area contributed by atoms with Gasteiger partial charge in [0.1, 0.15) is 6.10 Å². The van der Waals surface area contributed by atoms with E-state index < -0.39 is 0 Å². The first kappa shape index (κ1) is 42.2. The summed E-state index contributed by atoms with van der Waals surface area (Å²) in [5, 5.41) is 2.98. The van der Waals surface area contributed by atoms with E-state index in [9.17, 15) is 9.59 Å². The van der Waals surface area contributed by atoms with Crippen LogP contribution >= 0.6 is 0 Å². The summed E-state index contributed by atoms with van der Waals surface area (Å²) >= 11 is 0. The first-order chi connectivity index (χ1) is 24.6. The van der Waals surface area contributed by atoms with E-state index in [1.54, 1.807) is 5.57 Å². The molecule has 5 nitrogen and oxygen atoms in total. The van der Waals surface area contributed by atoms with Crippen molar-refractivity contribution in [2.24, 2.45) is 46.3 Å². The van der Waals surface area contributed by atoms with Gasteiger partial charge in [0, 0.05) is 19.4 Å². The van der Waals surface area contributed by atoms with Crippen LogP contribution in [-0.2, 0) is 14.3 Å². The number of amides is 1. The molecule has 0 radical (unpaired) electrons. The van der Waals surface area contributed by atoms with Crippen molar-refractivity contribution in [2.45, 2.75) is 208 Å². The summed E-state index contributed by atoms with van der Waals surface area (Å²) in [6, 6.07) is 0. The SMILES string of the molecule is CCCCCCCCCCCCOC(=O)CCCCCNC(=O)O[C@H]1CC[C@@]2(C)C(=CC[C@H]3C4CC[C@H]([C@H](C)CCCC(C)C)[C@@]4(C)CC[C@@H]32)C1. The third-order valence-corrected chi connectivity index (χ3v) is 14.6. The Morgan fingerprint density at radius 1 is 0.804 bits per heavy atom. The Balaban J connectivity index is 1.07. The Labute approximate surface area is 315 Å². The number of rotatable bonds is 23. The molecular formula is C46H81NO4. The Kier molecular flexibility index (Phi) is 17.7. The molecular weight excluding hydrogens is 631 g/mol. The largest absolute Gasteiger partial charge is 0.466 e. The van der Waals surface area contributed by atoms with Gasteiger partial charge < -0.3 is 14.8 Å². The Morgan fingerprint density at radius 3 is 2.24 bits per heavy atom. The van der Waals surface area contributed by atoms with Crippen molar-refractivity contribution in [2.75, 3.05) is 13.2 Å². The summed E-state index contributed by atoms with van der Waals surface area (Å²) in [6.45, 7) is 16.0. The van der Waals surface area contributed by atoms with Gasteiger partial charge in [0.05, 0.1) is 6.61 Å². The van der Waals surface area contributed by atoms with E-state index in [0.717, 1.165) is 86.9 Å². The van der Waals surface area contributed by atoms with Gasteiger partial charge in [0.2, 0.25) is 0 Å². The second kappa shape index (κ2) is 21.4. The number of fused-ring (bicyclic) bond motifs is 5. The van der Waals surface area contributed by atoms with E-state index in [4.69, 9.17) is 9.47 Å². The van der Waals surface area contributed by atoms with E-state index >= 15 is 0 Å². The zero-order chi connectivity index (χ0) is 36.7. The molecule has 0 spiro atoms. The molecule has 4 aliphatic carbocycles. The molecule has 0 saturated heterocycles. The van der Waals surface area contributed by atoms with Gasteiger partial charge in [0.25, 0.3) is 0 Å². The van der Waals surface area contributed by atoms with Crippen molar-refractivity contribution in [3.8, 4) is 0 Å². The van der Waals surface area contributed by atoms with Crippen LogP contribution in [0.4, 0.5) is 4.79 Å². The molecule has 294 valence electrons. The quantitative estimate of drug-likeness (QED) is 0.0651. The van der Waals surface area contributed by atoms with E-state index in [1.807, 2.05) is 0 Å². The Hall–Kier alpha value is -1.52. The summed E-state index contributed by atoms with van der Waals surface area (Å²) in [5.74, 6) is 4.99. The molecule has 3 fully saturated rings. The third kappa shape index (κ3) is 12.2. The molecule has 0 aliphatic heterocycles. The molecule has 0 aromatic carbocycles. The maximum atomic E-state index is 12.7. The fraction of sp³-hybridized carbons (Fsp3) is 0.913. The molecule has 0 heterocycles. The smallest absolute Gasteiger partial charge is 0.407 e. The summed E-state index contributed by atoms with van der Waals surface area (Å²) in [7, 11) is 0. The van der Waals surface area contributed by atoms with Crippen molar-refractivity contribution in [3.63, 3.8) is 0 Å². The van der Waals surface area contributed by atoms with Crippen LogP contribution in [0.15, 0.2) is 11.6 Å². The van der Waals surface area contributed by atoms with Crippen LogP contribution in [0.5, 0.6) is 0 Å². The first-order valence-corrected chi connectivity index (χ1v) is 22.4. The average Bonchev–Trinajstić information content (AvgIpc) is 3.46. The lowest BCUT2D eigenvalue weighted by atomic mass is 9.47. The van der Waals surface area contributed by atoms with Crippen molar-refractivity contribution in [3.05, 3.63) is 11.6 Å². The summed E-state index contributed by atoms with van der Waals surface area (Å²) in [6.07, 6.45) is 32.3.